The number of nitrogens with zero attached hydrogens (tertiary/aromatic N) is 1. The summed E-state index contributed by atoms with van der Waals surface area (Å²) in [7, 11) is 1.72. The van der Waals surface area contributed by atoms with Crippen molar-refractivity contribution in [1.29, 1.82) is 0 Å². The molecule has 3 N–H and O–H groups in total. The van der Waals surface area contributed by atoms with Crippen LogP contribution in [0.15, 0.2) is 42.5 Å². The van der Waals surface area contributed by atoms with Gasteiger partial charge in [0.25, 0.3) is 5.91 Å². The molecule has 0 radical (unpaired) electrons. The number of rotatable bonds is 9. The van der Waals surface area contributed by atoms with Crippen molar-refractivity contribution in [1.82, 2.24) is 20.9 Å². The minimum atomic E-state index is -1.19. The number of para-hydroxylation sites is 1. The molecule has 0 saturated carbocycles. The molecule has 10 nitrogen and oxygen atoms in total. The fourth-order valence-corrected chi connectivity index (χ4v) is 5.19. The number of ether oxygens (including phenoxy) is 2. The monoisotopic (exact) mass is 608 g/mol. The van der Waals surface area contributed by atoms with Gasteiger partial charge in [0.2, 0.25) is 17.7 Å². The third-order valence-electron chi connectivity index (χ3n) is 7.77. The summed E-state index contributed by atoms with van der Waals surface area (Å²) in [5, 5.41) is 8.35. The molecule has 1 heterocycles. The molecule has 0 aromatic heterocycles. The minimum Gasteiger partial charge on any atom is -0.491 e. The van der Waals surface area contributed by atoms with Crippen LogP contribution in [0.5, 0.6) is 11.5 Å². The molecule has 0 bridgehead atoms. The smallest absolute Gasteiger partial charge is 0.255 e. The molecule has 1 aliphatic heterocycles. The van der Waals surface area contributed by atoms with Gasteiger partial charge in [-0.2, -0.15) is 0 Å². The summed E-state index contributed by atoms with van der Waals surface area (Å²) in [6, 6.07) is 10.3. The standard InChI is InChI=1S/C34H48N4O6/c1-21(2)17-25-20-44-30-13-9-8-12-26(30)32(40)37-27(19-31(39)36-28(18-22(3)4)34(42)38(25)7)33(41)35-15-16-43-29-14-10-11-23(5)24(29)6/h8-14,21-22,25,27-28H,15-20H2,1-7H3,(H,35,41)(H,36,39)(H,37,40)/t25-,27+,28+/m1/s1. The number of fused-ring (bicyclic) bond motifs is 1. The Morgan fingerprint density at radius 2 is 1.70 bits per heavy atom. The van der Waals surface area contributed by atoms with Crippen LogP contribution in [0.1, 0.15) is 68.4 Å². The number of hydrogen-bond acceptors (Lipinski definition) is 6. The van der Waals surface area contributed by atoms with Gasteiger partial charge in [0.05, 0.1) is 24.6 Å². The van der Waals surface area contributed by atoms with Crippen molar-refractivity contribution < 1.29 is 28.7 Å². The van der Waals surface area contributed by atoms with Crippen LogP contribution in [0, 0.1) is 25.7 Å². The summed E-state index contributed by atoms with van der Waals surface area (Å²) >= 11 is 0. The number of amides is 4. The maximum Gasteiger partial charge on any atom is 0.255 e. The third-order valence-corrected chi connectivity index (χ3v) is 7.77. The van der Waals surface area contributed by atoms with E-state index in [1.165, 1.54) is 0 Å². The van der Waals surface area contributed by atoms with E-state index in [4.69, 9.17) is 9.47 Å². The molecule has 1 aliphatic rings. The minimum absolute atomic E-state index is 0.124. The molecule has 2 aromatic carbocycles. The van der Waals surface area contributed by atoms with E-state index in [2.05, 4.69) is 29.8 Å². The molecule has 3 atom stereocenters. The molecular formula is C34H48N4O6. The van der Waals surface area contributed by atoms with Crippen LogP contribution in [-0.4, -0.2) is 73.5 Å². The van der Waals surface area contributed by atoms with Gasteiger partial charge in [-0.3, -0.25) is 19.2 Å². The highest BCUT2D eigenvalue weighted by atomic mass is 16.5. The average molecular weight is 609 g/mol. The first-order chi connectivity index (χ1) is 20.9. The van der Waals surface area contributed by atoms with E-state index in [1.54, 1.807) is 36.2 Å². The molecule has 3 rings (SSSR count). The van der Waals surface area contributed by atoms with Crippen LogP contribution in [0.4, 0.5) is 0 Å². The number of benzene rings is 2. The second-order valence-electron chi connectivity index (χ2n) is 12.4. The molecular weight excluding hydrogens is 560 g/mol. The van der Waals surface area contributed by atoms with Gasteiger partial charge in [-0.05, 0) is 67.9 Å². The zero-order valence-electron chi connectivity index (χ0n) is 27.1. The predicted octanol–water partition coefficient (Wildman–Crippen LogP) is 3.78. The van der Waals surface area contributed by atoms with Crippen LogP contribution in [-0.2, 0) is 14.4 Å². The van der Waals surface area contributed by atoms with Gasteiger partial charge in [0, 0.05) is 7.05 Å². The summed E-state index contributed by atoms with van der Waals surface area (Å²) in [4.78, 5) is 55.5. The summed E-state index contributed by atoms with van der Waals surface area (Å²) in [5.41, 5.74) is 2.34. The molecule has 44 heavy (non-hydrogen) atoms. The SMILES string of the molecule is Cc1cccc(OCCNC(=O)[C@@H]2CC(=O)N[C@@H](CC(C)C)C(=O)N(C)[C@H](CC(C)C)COc3ccccc3C(=O)N2)c1C. The van der Waals surface area contributed by atoms with Gasteiger partial charge < -0.3 is 30.3 Å². The molecule has 10 heteroatoms. The fourth-order valence-electron chi connectivity index (χ4n) is 5.19. The third kappa shape index (κ3) is 9.72. The maximum absolute atomic E-state index is 13.7. The van der Waals surface area contributed by atoms with E-state index < -0.39 is 29.8 Å². The quantitative estimate of drug-likeness (QED) is 0.372. The van der Waals surface area contributed by atoms with E-state index in [0.717, 1.165) is 16.9 Å². The highest BCUT2D eigenvalue weighted by Crippen LogP contribution is 2.22. The average Bonchev–Trinajstić information content (AvgIpc) is 2.97. The van der Waals surface area contributed by atoms with Crippen molar-refractivity contribution in [3.8, 4) is 11.5 Å². The number of hydrogen-bond donors (Lipinski definition) is 3. The van der Waals surface area contributed by atoms with Gasteiger partial charge in [-0.25, -0.2) is 0 Å². The van der Waals surface area contributed by atoms with Crippen molar-refractivity contribution in [3.05, 3.63) is 59.2 Å². The number of nitrogens with one attached hydrogen (secondary N) is 3. The predicted molar refractivity (Wildman–Crippen MR) is 170 cm³/mol. The van der Waals surface area contributed by atoms with E-state index in [0.29, 0.717) is 18.6 Å². The van der Waals surface area contributed by atoms with Crippen LogP contribution in [0.2, 0.25) is 0 Å². The Morgan fingerprint density at radius 1 is 1.00 bits per heavy atom. The highest BCUT2D eigenvalue weighted by molar-refractivity contribution is 6.01. The van der Waals surface area contributed by atoms with Crippen molar-refractivity contribution in [2.45, 2.75) is 78.9 Å². The molecule has 4 amide bonds. The molecule has 0 aliphatic carbocycles. The Bertz CT molecular complexity index is 1310. The number of carbonyl (C=O) groups excluding carboxylic acids is 4. The van der Waals surface area contributed by atoms with Crippen LogP contribution in [0.3, 0.4) is 0 Å². The molecule has 0 fully saturated rings. The van der Waals surface area contributed by atoms with Crippen LogP contribution < -0.4 is 25.4 Å². The second kappa shape index (κ2) is 16.1. The largest absolute Gasteiger partial charge is 0.491 e. The maximum atomic E-state index is 13.7. The first kappa shape index (κ1) is 34.4. The number of aryl methyl sites for hydroxylation is 1. The lowest BCUT2D eigenvalue weighted by Gasteiger charge is -2.33. The van der Waals surface area contributed by atoms with Crippen molar-refractivity contribution in [2.75, 3.05) is 26.8 Å². The number of carbonyl (C=O) groups is 4. The van der Waals surface area contributed by atoms with Crippen molar-refractivity contribution in [3.63, 3.8) is 0 Å². The Hall–Kier alpha value is -4.08. The molecule has 0 saturated heterocycles. The van der Waals surface area contributed by atoms with Gasteiger partial charge in [-0.1, -0.05) is 52.0 Å². The lowest BCUT2D eigenvalue weighted by Crippen LogP contribution is -2.55. The number of likely N-dealkylation sites (N-methyl/N-ethyl adjacent to an activating group) is 1. The molecule has 0 spiro atoms. The van der Waals surface area contributed by atoms with E-state index in [9.17, 15) is 19.2 Å². The normalized spacial score (nSPS) is 19.9. The van der Waals surface area contributed by atoms with Gasteiger partial charge in [-0.15, -0.1) is 0 Å². The van der Waals surface area contributed by atoms with Crippen LogP contribution >= 0.6 is 0 Å². The summed E-state index contributed by atoms with van der Waals surface area (Å²) in [6.45, 7) is 12.6. The lowest BCUT2D eigenvalue weighted by atomic mass is 9.99. The fraction of sp³-hybridized carbons (Fsp3) is 0.529. The van der Waals surface area contributed by atoms with Gasteiger partial charge >= 0.3 is 0 Å². The van der Waals surface area contributed by atoms with E-state index >= 15 is 0 Å². The van der Waals surface area contributed by atoms with Crippen molar-refractivity contribution in [2.24, 2.45) is 11.8 Å². The first-order valence-electron chi connectivity index (χ1n) is 15.4. The Morgan fingerprint density at radius 3 is 2.41 bits per heavy atom. The van der Waals surface area contributed by atoms with Crippen molar-refractivity contribution >= 4 is 23.6 Å². The van der Waals surface area contributed by atoms with E-state index in [-0.39, 0.29) is 55.5 Å². The van der Waals surface area contributed by atoms with Gasteiger partial charge in [0.1, 0.15) is 36.8 Å². The molecule has 2 aromatic rings. The van der Waals surface area contributed by atoms with Gasteiger partial charge in [0.15, 0.2) is 0 Å². The highest BCUT2D eigenvalue weighted by Gasteiger charge is 2.33. The first-order valence-corrected chi connectivity index (χ1v) is 15.4. The zero-order valence-corrected chi connectivity index (χ0v) is 27.1. The zero-order chi connectivity index (χ0) is 32.4. The summed E-state index contributed by atoms with van der Waals surface area (Å²) in [5.74, 6) is -0.347. The molecule has 0 unspecified atom stereocenters. The lowest BCUT2D eigenvalue weighted by molar-refractivity contribution is -0.138. The molecule has 240 valence electrons. The summed E-state index contributed by atoms with van der Waals surface area (Å²) in [6.07, 6.45) is 0.750. The topological polar surface area (TPSA) is 126 Å². The summed E-state index contributed by atoms with van der Waals surface area (Å²) < 4.78 is 12.0. The van der Waals surface area contributed by atoms with E-state index in [1.807, 2.05) is 45.9 Å². The Kier molecular flexibility index (Phi) is 12.6. The second-order valence-corrected chi connectivity index (χ2v) is 12.4. The van der Waals surface area contributed by atoms with Crippen LogP contribution in [0.25, 0.3) is 0 Å². The Balaban J connectivity index is 1.85. The Labute approximate surface area is 261 Å².